The molecule has 127 valence electrons. The van der Waals surface area contributed by atoms with Crippen LogP contribution in [0.5, 0.6) is 5.75 Å². The Morgan fingerprint density at radius 1 is 1.21 bits per heavy atom. The molecule has 2 fully saturated rings. The zero-order valence-electron chi connectivity index (χ0n) is 13.5. The molecule has 1 saturated heterocycles. The van der Waals surface area contributed by atoms with Crippen LogP contribution in [0, 0.1) is 5.92 Å². The van der Waals surface area contributed by atoms with Gasteiger partial charge in [0.05, 0.1) is 18.0 Å². The van der Waals surface area contributed by atoms with E-state index in [1.807, 2.05) is 0 Å². The molecule has 0 bridgehead atoms. The number of hydrogen-bond acceptors (Lipinski definition) is 4. The summed E-state index contributed by atoms with van der Waals surface area (Å²) in [5.41, 5.74) is -0.735. The molecule has 1 aliphatic heterocycles. The second-order valence-electron chi connectivity index (χ2n) is 5.98. The molecule has 0 spiro atoms. The fourth-order valence-electron chi connectivity index (χ4n) is 2.66. The van der Waals surface area contributed by atoms with Crippen molar-refractivity contribution < 1.29 is 27.5 Å². The summed E-state index contributed by atoms with van der Waals surface area (Å²) in [7, 11) is 0. The van der Waals surface area contributed by atoms with Gasteiger partial charge in [0.2, 0.25) is 0 Å². The number of halogens is 3. The third-order valence-electron chi connectivity index (χ3n) is 4.23. The Kier molecular flexibility index (Phi) is 6.24. The van der Waals surface area contributed by atoms with E-state index in [2.05, 4.69) is 0 Å². The maximum absolute atomic E-state index is 12.7. The monoisotopic (exact) mass is 336 g/mol. The van der Waals surface area contributed by atoms with Gasteiger partial charge < -0.3 is 9.57 Å². The first-order valence-corrected chi connectivity index (χ1v) is 7.72. The van der Waals surface area contributed by atoms with Crippen LogP contribution in [0.1, 0.15) is 31.2 Å². The molecule has 1 heterocycles. The van der Waals surface area contributed by atoms with E-state index in [4.69, 9.17) is 9.57 Å². The Morgan fingerprint density at radius 2 is 1.96 bits per heavy atom. The van der Waals surface area contributed by atoms with Crippen molar-refractivity contribution in [3.8, 4) is 5.75 Å². The van der Waals surface area contributed by atoms with Gasteiger partial charge in [-0.25, -0.2) is 0 Å². The van der Waals surface area contributed by atoms with Gasteiger partial charge in [0.1, 0.15) is 11.9 Å². The van der Waals surface area contributed by atoms with Crippen LogP contribution >= 0.6 is 0 Å². The average Bonchev–Trinajstić information content (AvgIpc) is 2.83. The van der Waals surface area contributed by atoms with Gasteiger partial charge >= 0.3 is 12.1 Å². The molecular weight excluding hydrogens is 318 g/mol. The molecule has 24 heavy (non-hydrogen) atoms. The van der Waals surface area contributed by atoms with Crippen molar-refractivity contribution >= 4 is 24.8 Å². The smallest absolute Gasteiger partial charge is 0.416 e. The van der Waals surface area contributed by atoms with E-state index in [0.29, 0.717) is 19.5 Å². The first kappa shape index (κ1) is 19.2. The predicted octanol–water partition coefficient (Wildman–Crippen LogP) is 3.04. The standard InChI is InChI=1S/C16H18F3NO3.Li/c17-16(18,19)12-5-2-6-13(9-12)22-14-7-8-20(10-14)23-15(21)11-3-1-4-11;/h2,5-6,9,11,14H,1,3-4,7-8,10H2;/t14-;/m1./s1. The van der Waals surface area contributed by atoms with Crippen molar-refractivity contribution in [2.45, 2.75) is 38.0 Å². The van der Waals surface area contributed by atoms with Crippen molar-refractivity contribution in [2.24, 2.45) is 5.92 Å². The Hall–Kier alpha value is -1.16. The molecule has 2 aliphatic rings. The van der Waals surface area contributed by atoms with Crippen LogP contribution in [0.4, 0.5) is 13.2 Å². The second kappa shape index (κ2) is 7.81. The normalized spacial score (nSPS) is 21.7. The van der Waals surface area contributed by atoms with Crippen LogP contribution in [-0.4, -0.2) is 49.1 Å². The number of benzene rings is 1. The van der Waals surface area contributed by atoms with E-state index >= 15 is 0 Å². The van der Waals surface area contributed by atoms with Gasteiger partial charge in [-0.3, -0.25) is 4.79 Å². The molecule has 0 aromatic heterocycles. The number of alkyl halides is 3. The summed E-state index contributed by atoms with van der Waals surface area (Å²) in [5, 5.41) is 1.54. The minimum absolute atomic E-state index is 0. The van der Waals surface area contributed by atoms with Gasteiger partial charge in [0.15, 0.2) is 0 Å². The number of ether oxygens (including phenoxy) is 1. The fraction of sp³-hybridized carbons (Fsp3) is 0.562. The van der Waals surface area contributed by atoms with Crippen LogP contribution in [-0.2, 0) is 15.8 Å². The number of hydrogen-bond donors (Lipinski definition) is 0. The van der Waals surface area contributed by atoms with Crippen LogP contribution in [0.15, 0.2) is 24.3 Å². The van der Waals surface area contributed by atoms with E-state index in [1.54, 1.807) is 5.06 Å². The summed E-state index contributed by atoms with van der Waals surface area (Å²) in [6.07, 6.45) is -1.27. The molecule has 0 amide bonds. The Balaban J connectivity index is 0.00000208. The number of carbonyl (C=O) groups excluding carboxylic acids is 1. The summed E-state index contributed by atoms with van der Waals surface area (Å²) >= 11 is 0. The summed E-state index contributed by atoms with van der Waals surface area (Å²) in [6.45, 7) is 0.900. The molecule has 1 atom stereocenters. The molecule has 1 aromatic carbocycles. The van der Waals surface area contributed by atoms with Gasteiger partial charge in [0, 0.05) is 31.8 Å². The first-order chi connectivity index (χ1) is 10.9. The number of rotatable bonds is 4. The average molecular weight is 336 g/mol. The van der Waals surface area contributed by atoms with Gasteiger partial charge in [-0.15, -0.1) is 5.06 Å². The maximum atomic E-state index is 12.7. The summed E-state index contributed by atoms with van der Waals surface area (Å²) in [6, 6.07) is 4.82. The molecule has 4 nitrogen and oxygen atoms in total. The van der Waals surface area contributed by atoms with Gasteiger partial charge in [-0.05, 0) is 31.0 Å². The molecule has 1 aromatic rings. The second-order valence-corrected chi connectivity index (χ2v) is 5.98. The van der Waals surface area contributed by atoms with Crippen molar-refractivity contribution in [1.82, 2.24) is 5.06 Å². The zero-order chi connectivity index (χ0) is 16.4. The van der Waals surface area contributed by atoms with Crippen molar-refractivity contribution in [1.29, 1.82) is 0 Å². The maximum Gasteiger partial charge on any atom is 0.416 e. The van der Waals surface area contributed by atoms with E-state index in [0.717, 1.165) is 31.4 Å². The minimum Gasteiger partial charge on any atom is -0.489 e. The summed E-state index contributed by atoms with van der Waals surface area (Å²) in [5.74, 6) is -0.0357. The third kappa shape index (κ3) is 4.68. The SMILES string of the molecule is O=C(ON1CC[C@@H](Oc2cccc(C(F)(F)F)c2)C1)C1CCC1.[Li]. The Labute approximate surface area is 150 Å². The Bertz CT molecular complexity index is 578. The molecule has 3 rings (SSSR count). The topological polar surface area (TPSA) is 38.8 Å². The molecule has 1 radical (unpaired) electrons. The molecule has 0 unspecified atom stereocenters. The first-order valence-electron chi connectivity index (χ1n) is 7.72. The van der Waals surface area contributed by atoms with Crippen LogP contribution in [0.3, 0.4) is 0 Å². The molecule has 0 N–H and O–H groups in total. The fourth-order valence-corrected chi connectivity index (χ4v) is 2.66. The number of carbonyl (C=O) groups is 1. The summed E-state index contributed by atoms with van der Waals surface area (Å²) < 4.78 is 43.6. The predicted molar refractivity (Wildman–Crippen MR) is 81.2 cm³/mol. The molecule has 8 heteroatoms. The van der Waals surface area contributed by atoms with E-state index in [-0.39, 0.29) is 42.6 Å². The van der Waals surface area contributed by atoms with E-state index in [1.165, 1.54) is 12.1 Å². The van der Waals surface area contributed by atoms with Crippen molar-refractivity contribution in [3.05, 3.63) is 29.8 Å². The Morgan fingerprint density at radius 3 is 2.58 bits per heavy atom. The minimum atomic E-state index is -4.39. The van der Waals surface area contributed by atoms with Crippen LogP contribution in [0.25, 0.3) is 0 Å². The van der Waals surface area contributed by atoms with E-state index < -0.39 is 11.7 Å². The summed E-state index contributed by atoms with van der Waals surface area (Å²) in [4.78, 5) is 17.1. The quantitative estimate of drug-likeness (QED) is 0.793. The van der Waals surface area contributed by atoms with Gasteiger partial charge in [0.25, 0.3) is 0 Å². The van der Waals surface area contributed by atoms with Gasteiger partial charge in [-0.2, -0.15) is 13.2 Å². The molecular formula is C16H18F3LiNO3. The molecule has 1 saturated carbocycles. The third-order valence-corrected chi connectivity index (χ3v) is 4.23. The molecule has 1 aliphatic carbocycles. The van der Waals surface area contributed by atoms with Crippen molar-refractivity contribution in [2.75, 3.05) is 13.1 Å². The van der Waals surface area contributed by atoms with Gasteiger partial charge in [-0.1, -0.05) is 12.5 Å². The number of hydroxylamine groups is 2. The van der Waals surface area contributed by atoms with E-state index in [9.17, 15) is 18.0 Å². The largest absolute Gasteiger partial charge is 0.489 e. The van der Waals surface area contributed by atoms with Crippen molar-refractivity contribution in [3.63, 3.8) is 0 Å². The number of nitrogens with zero attached hydrogens (tertiary/aromatic N) is 1. The zero-order valence-corrected chi connectivity index (χ0v) is 13.5. The van der Waals surface area contributed by atoms with Crippen LogP contribution in [0.2, 0.25) is 0 Å². The van der Waals surface area contributed by atoms with Crippen LogP contribution < -0.4 is 4.74 Å².